The second kappa shape index (κ2) is 6.39. The third kappa shape index (κ3) is 3.69. The second-order valence-corrected chi connectivity index (χ2v) is 6.34. The van der Waals surface area contributed by atoms with E-state index in [1.54, 1.807) is 12.1 Å². The fourth-order valence-corrected chi connectivity index (χ4v) is 3.17. The van der Waals surface area contributed by atoms with Gasteiger partial charge in [0.25, 0.3) is 5.91 Å². The van der Waals surface area contributed by atoms with Crippen molar-refractivity contribution in [3.8, 4) is 0 Å². The molecular formula is C15H25N5O. The van der Waals surface area contributed by atoms with Crippen LogP contribution in [0.5, 0.6) is 0 Å². The van der Waals surface area contributed by atoms with E-state index < -0.39 is 5.91 Å². The van der Waals surface area contributed by atoms with Gasteiger partial charge >= 0.3 is 0 Å². The summed E-state index contributed by atoms with van der Waals surface area (Å²) >= 11 is 0. The molecule has 0 saturated heterocycles. The monoisotopic (exact) mass is 291 g/mol. The van der Waals surface area contributed by atoms with Crippen molar-refractivity contribution in [1.82, 2.24) is 15.1 Å². The summed E-state index contributed by atoms with van der Waals surface area (Å²) in [5.74, 6) is 0.866. The maximum absolute atomic E-state index is 11.0. The van der Waals surface area contributed by atoms with Crippen LogP contribution >= 0.6 is 0 Å². The number of hydrogen-bond acceptors (Lipinski definition) is 5. The van der Waals surface area contributed by atoms with Gasteiger partial charge in [-0.2, -0.15) is 0 Å². The highest BCUT2D eigenvalue weighted by molar-refractivity contribution is 5.90. The molecule has 3 N–H and O–H groups in total. The average Bonchev–Trinajstić information content (AvgIpc) is 2.45. The third-order valence-electron chi connectivity index (χ3n) is 4.53. The highest BCUT2D eigenvalue weighted by Crippen LogP contribution is 2.35. The zero-order chi connectivity index (χ0) is 15.5. The Kier molecular flexibility index (Phi) is 4.77. The van der Waals surface area contributed by atoms with Crippen LogP contribution in [0, 0.1) is 5.92 Å². The van der Waals surface area contributed by atoms with Gasteiger partial charge in [0, 0.05) is 12.1 Å². The number of anilines is 1. The van der Waals surface area contributed by atoms with E-state index in [9.17, 15) is 4.79 Å². The molecule has 0 bridgehead atoms. The first-order valence-electron chi connectivity index (χ1n) is 7.48. The summed E-state index contributed by atoms with van der Waals surface area (Å²) in [4.78, 5) is 13.3. The first kappa shape index (κ1) is 15.7. The maximum atomic E-state index is 11.0. The number of primary amides is 1. The molecule has 1 aliphatic rings. The van der Waals surface area contributed by atoms with Crippen LogP contribution in [0.3, 0.4) is 0 Å². The summed E-state index contributed by atoms with van der Waals surface area (Å²) < 4.78 is 0. The minimum atomic E-state index is -0.556. The lowest BCUT2D eigenvalue weighted by atomic mass is 9.75. The lowest BCUT2D eigenvalue weighted by molar-refractivity contribution is 0.0881. The maximum Gasteiger partial charge on any atom is 0.269 e. The fraction of sp³-hybridized carbons (Fsp3) is 0.667. The lowest BCUT2D eigenvalue weighted by Crippen LogP contribution is -2.52. The quantitative estimate of drug-likeness (QED) is 0.859. The van der Waals surface area contributed by atoms with Gasteiger partial charge < -0.3 is 16.0 Å². The van der Waals surface area contributed by atoms with Gasteiger partial charge in [-0.1, -0.05) is 19.8 Å². The van der Waals surface area contributed by atoms with Gasteiger partial charge in [-0.15, -0.1) is 10.2 Å². The molecule has 0 aliphatic heterocycles. The van der Waals surface area contributed by atoms with E-state index in [4.69, 9.17) is 5.73 Å². The number of nitrogens with two attached hydrogens (primary N) is 1. The summed E-state index contributed by atoms with van der Waals surface area (Å²) in [6.45, 7) is 3.15. The molecule has 0 spiro atoms. The molecule has 1 aliphatic carbocycles. The molecule has 2 atom stereocenters. The second-order valence-electron chi connectivity index (χ2n) is 6.34. The predicted molar refractivity (Wildman–Crippen MR) is 83.1 cm³/mol. The summed E-state index contributed by atoms with van der Waals surface area (Å²) in [6, 6.07) is 3.35. The van der Waals surface area contributed by atoms with Gasteiger partial charge in [0.15, 0.2) is 5.69 Å². The molecular weight excluding hydrogens is 266 g/mol. The Morgan fingerprint density at radius 3 is 2.76 bits per heavy atom. The molecule has 1 aromatic rings. The first-order chi connectivity index (χ1) is 9.93. The number of aromatic nitrogens is 2. The van der Waals surface area contributed by atoms with E-state index in [2.05, 4.69) is 41.4 Å². The van der Waals surface area contributed by atoms with Gasteiger partial charge in [-0.3, -0.25) is 4.79 Å². The van der Waals surface area contributed by atoms with Crippen molar-refractivity contribution in [3.05, 3.63) is 17.8 Å². The van der Waals surface area contributed by atoms with Crippen LogP contribution in [0.25, 0.3) is 0 Å². The Hall–Kier alpha value is -1.69. The molecule has 1 saturated carbocycles. The molecule has 116 valence electrons. The van der Waals surface area contributed by atoms with Crippen molar-refractivity contribution in [1.29, 1.82) is 0 Å². The Balaban J connectivity index is 2.03. The van der Waals surface area contributed by atoms with Crippen LogP contribution in [0.15, 0.2) is 12.1 Å². The van der Waals surface area contributed by atoms with E-state index in [1.165, 1.54) is 25.7 Å². The van der Waals surface area contributed by atoms with Gasteiger partial charge in [0.1, 0.15) is 5.82 Å². The smallest absolute Gasteiger partial charge is 0.269 e. The molecule has 1 aromatic heterocycles. The van der Waals surface area contributed by atoms with E-state index in [1.807, 2.05) is 0 Å². The van der Waals surface area contributed by atoms with Crippen LogP contribution in [-0.4, -0.2) is 47.2 Å². The molecule has 1 heterocycles. The number of amides is 1. The highest BCUT2D eigenvalue weighted by atomic mass is 16.1. The molecule has 6 heteroatoms. The predicted octanol–water partition coefficient (Wildman–Crippen LogP) is 1.50. The number of likely N-dealkylation sites (N-methyl/N-ethyl adjacent to an activating group) is 1. The zero-order valence-corrected chi connectivity index (χ0v) is 13.1. The van der Waals surface area contributed by atoms with Gasteiger partial charge in [0.05, 0.1) is 0 Å². The number of hydrogen-bond donors (Lipinski definition) is 2. The topological polar surface area (TPSA) is 84.1 Å². The molecule has 6 nitrogen and oxygen atoms in total. The Labute approximate surface area is 126 Å². The Bertz CT molecular complexity index is 487. The molecule has 21 heavy (non-hydrogen) atoms. The van der Waals surface area contributed by atoms with Crippen LogP contribution in [0.1, 0.15) is 43.1 Å². The van der Waals surface area contributed by atoms with Crippen molar-refractivity contribution in [2.45, 2.75) is 38.1 Å². The third-order valence-corrected chi connectivity index (χ3v) is 4.53. The summed E-state index contributed by atoms with van der Waals surface area (Å²) in [5.41, 5.74) is 5.51. The van der Waals surface area contributed by atoms with E-state index in [-0.39, 0.29) is 11.2 Å². The van der Waals surface area contributed by atoms with Crippen molar-refractivity contribution >= 4 is 11.7 Å². The average molecular weight is 291 g/mol. The van der Waals surface area contributed by atoms with Crippen LogP contribution in [0.4, 0.5) is 5.82 Å². The van der Waals surface area contributed by atoms with Crippen molar-refractivity contribution < 1.29 is 4.79 Å². The minimum absolute atomic E-state index is 0.154. The number of carbonyl (C=O) groups excluding carboxylic acids is 1. The number of rotatable bonds is 5. The zero-order valence-electron chi connectivity index (χ0n) is 13.1. The molecule has 1 fully saturated rings. The molecule has 1 amide bonds. The molecule has 0 aromatic carbocycles. The minimum Gasteiger partial charge on any atom is -0.367 e. The van der Waals surface area contributed by atoms with Crippen LogP contribution in [-0.2, 0) is 0 Å². The van der Waals surface area contributed by atoms with Crippen molar-refractivity contribution in [2.75, 3.05) is 26.0 Å². The normalized spacial score (nSPS) is 25.8. The SMILES string of the molecule is CC1CCCC(CNc2ccc(C(N)=O)nn2)(N(C)C)C1. The standard InChI is InChI=1S/C15H25N5O/c1-11-5-4-8-15(9-11,20(2)3)10-17-13-7-6-12(14(16)21)18-19-13/h6-7,11H,4-5,8-10H2,1-3H3,(H2,16,21)(H,17,19). The van der Waals surface area contributed by atoms with Gasteiger partial charge in [0.2, 0.25) is 0 Å². The Morgan fingerprint density at radius 2 is 2.24 bits per heavy atom. The summed E-state index contributed by atoms with van der Waals surface area (Å²) in [6.07, 6.45) is 4.93. The Morgan fingerprint density at radius 1 is 1.48 bits per heavy atom. The number of nitrogens with zero attached hydrogens (tertiary/aromatic N) is 3. The van der Waals surface area contributed by atoms with Crippen molar-refractivity contribution in [3.63, 3.8) is 0 Å². The fourth-order valence-electron chi connectivity index (χ4n) is 3.17. The van der Waals surface area contributed by atoms with Crippen LogP contribution < -0.4 is 11.1 Å². The number of nitrogens with one attached hydrogen (secondary N) is 1. The van der Waals surface area contributed by atoms with E-state index in [0.29, 0.717) is 5.82 Å². The number of carbonyl (C=O) groups is 1. The molecule has 2 unspecified atom stereocenters. The summed E-state index contributed by atoms with van der Waals surface area (Å²) in [5, 5.41) is 11.2. The van der Waals surface area contributed by atoms with Crippen molar-refractivity contribution in [2.24, 2.45) is 11.7 Å². The highest BCUT2D eigenvalue weighted by Gasteiger charge is 2.36. The largest absolute Gasteiger partial charge is 0.367 e. The van der Waals surface area contributed by atoms with E-state index >= 15 is 0 Å². The van der Waals surface area contributed by atoms with Crippen LogP contribution in [0.2, 0.25) is 0 Å². The first-order valence-corrected chi connectivity index (χ1v) is 7.48. The van der Waals surface area contributed by atoms with E-state index in [0.717, 1.165) is 12.5 Å². The summed E-state index contributed by atoms with van der Waals surface area (Å²) in [7, 11) is 4.28. The van der Waals surface area contributed by atoms with Gasteiger partial charge in [-0.05, 0) is 45.0 Å². The van der Waals surface area contributed by atoms with Gasteiger partial charge in [-0.25, -0.2) is 0 Å². The molecule has 2 rings (SSSR count). The lowest BCUT2D eigenvalue weighted by Gasteiger charge is -2.45. The molecule has 0 radical (unpaired) electrons.